The summed E-state index contributed by atoms with van der Waals surface area (Å²) >= 11 is 0. The summed E-state index contributed by atoms with van der Waals surface area (Å²) in [6.07, 6.45) is 0.576. The van der Waals surface area contributed by atoms with Crippen LogP contribution in [0.4, 0.5) is 0 Å². The third kappa shape index (κ3) is 3.17. The van der Waals surface area contributed by atoms with Gasteiger partial charge in [-0.05, 0) is 18.6 Å². The molecule has 0 radical (unpaired) electrons. The van der Waals surface area contributed by atoms with Crippen molar-refractivity contribution in [2.75, 3.05) is 19.6 Å². The van der Waals surface area contributed by atoms with E-state index in [4.69, 9.17) is 0 Å². The van der Waals surface area contributed by atoms with Crippen LogP contribution in [0.3, 0.4) is 0 Å². The van der Waals surface area contributed by atoms with E-state index in [2.05, 4.69) is 4.72 Å². The molecule has 1 aromatic rings. The third-order valence-corrected chi connectivity index (χ3v) is 4.87. The van der Waals surface area contributed by atoms with Crippen LogP contribution < -0.4 is 4.72 Å². The molecular weight excluding hydrogens is 280 g/mol. The molecule has 0 spiro atoms. The van der Waals surface area contributed by atoms with Crippen molar-refractivity contribution in [2.24, 2.45) is 0 Å². The van der Waals surface area contributed by atoms with Crippen molar-refractivity contribution in [3.63, 3.8) is 0 Å². The number of amides is 1. The van der Waals surface area contributed by atoms with Crippen LogP contribution in [0, 0.1) is 0 Å². The molecule has 1 amide bonds. The summed E-state index contributed by atoms with van der Waals surface area (Å²) in [5.74, 6) is -0.331. The largest absolute Gasteiger partial charge is 0.386 e. The van der Waals surface area contributed by atoms with Gasteiger partial charge in [0.1, 0.15) is 0 Å². The van der Waals surface area contributed by atoms with E-state index in [1.165, 1.54) is 17.0 Å². The molecule has 0 aliphatic carbocycles. The molecule has 1 fully saturated rings. The van der Waals surface area contributed by atoms with Gasteiger partial charge in [0.2, 0.25) is 15.9 Å². The summed E-state index contributed by atoms with van der Waals surface area (Å²) in [4.78, 5) is 13.4. The van der Waals surface area contributed by atoms with Crippen molar-refractivity contribution in [3.05, 3.63) is 30.3 Å². The maximum absolute atomic E-state index is 11.9. The normalized spacial score (nSPS) is 17.6. The predicted octanol–water partition coefficient (Wildman–Crippen LogP) is -0.0518. The Kier molecular flexibility index (Phi) is 4.12. The van der Waals surface area contributed by atoms with Gasteiger partial charge in [0.05, 0.1) is 30.1 Å². The van der Waals surface area contributed by atoms with Crippen LogP contribution in [0.15, 0.2) is 35.2 Å². The molecule has 1 heterocycles. The minimum atomic E-state index is -3.67. The van der Waals surface area contributed by atoms with Crippen molar-refractivity contribution in [1.82, 2.24) is 9.62 Å². The second-order valence-electron chi connectivity index (χ2n) is 4.97. The second kappa shape index (κ2) is 5.51. The Morgan fingerprint density at radius 2 is 1.95 bits per heavy atom. The number of benzene rings is 1. The Morgan fingerprint density at radius 1 is 1.35 bits per heavy atom. The monoisotopic (exact) mass is 298 g/mol. The number of aliphatic hydroxyl groups is 1. The fourth-order valence-electron chi connectivity index (χ4n) is 2.02. The fourth-order valence-corrected chi connectivity index (χ4v) is 3.01. The average Bonchev–Trinajstić information content (AvgIpc) is 2.42. The molecule has 1 saturated heterocycles. The van der Waals surface area contributed by atoms with Crippen molar-refractivity contribution >= 4 is 15.9 Å². The predicted molar refractivity (Wildman–Crippen MR) is 73.5 cm³/mol. The van der Waals surface area contributed by atoms with Crippen LogP contribution >= 0.6 is 0 Å². The molecule has 1 aliphatic rings. The van der Waals surface area contributed by atoms with E-state index in [0.717, 1.165) is 0 Å². The van der Waals surface area contributed by atoms with E-state index in [0.29, 0.717) is 6.42 Å². The van der Waals surface area contributed by atoms with Gasteiger partial charge in [0.15, 0.2) is 0 Å². The zero-order chi connectivity index (χ0) is 14.8. The van der Waals surface area contributed by atoms with E-state index < -0.39 is 15.6 Å². The first-order valence-corrected chi connectivity index (χ1v) is 7.89. The summed E-state index contributed by atoms with van der Waals surface area (Å²) in [6.45, 7) is 2.07. The van der Waals surface area contributed by atoms with Gasteiger partial charge in [-0.15, -0.1) is 0 Å². The van der Waals surface area contributed by atoms with Gasteiger partial charge < -0.3 is 10.0 Å². The van der Waals surface area contributed by atoms with Gasteiger partial charge >= 0.3 is 0 Å². The molecule has 2 N–H and O–H groups in total. The first-order chi connectivity index (χ1) is 9.36. The van der Waals surface area contributed by atoms with Gasteiger partial charge in [-0.1, -0.05) is 25.1 Å². The number of hydrogen-bond donors (Lipinski definition) is 2. The SMILES string of the molecule is CCC1(O)CN(C(=O)CNS(=O)(=O)c2ccccc2)C1. The van der Waals surface area contributed by atoms with Gasteiger partial charge in [-0.3, -0.25) is 4.79 Å². The molecule has 2 rings (SSSR count). The molecule has 1 aromatic carbocycles. The number of carbonyl (C=O) groups is 1. The van der Waals surface area contributed by atoms with Gasteiger partial charge in [-0.25, -0.2) is 13.1 Å². The Bertz CT molecular complexity index is 580. The summed E-state index contributed by atoms with van der Waals surface area (Å²) in [7, 11) is -3.67. The first-order valence-electron chi connectivity index (χ1n) is 6.41. The van der Waals surface area contributed by atoms with Crippen LogP contribution in [0.25, 0.3) is 0 Å². The van der Waals surface area contributed by atoms with Crippen LogP contribution in [-0.4, -0.2) is 49.6 Å². The van der Waals surface area contributed by atoms with Crippen molar-refractivity contribution < 1.29 is 18.3 Å². The van der Waals surface area contributed by atoms with E-state index in [1.807, 2.05) is 6.92 Å². The quantitative estimate of drug-likeness (QED) is 0.798. The topological polar surface area (TPSA) is 86.7 Å². The average molecular weight is 298 g/mol. The molecule has 0 atom stereocenters. The number of likely N-dealkylation sites (tertiary alicyclic amines) is 1. The minimum absolute atomic E-state index is 0.126. The summed E-state index contributed by atoms with van der Waals surface area (Å²) < 4.78 is 26.1. The highest BCUT2D eigenvalue weighted by Gasteiger charge is 2.41. The maximum Gasteiger partial charge on any atom is 0.241 e. The molecule has 0 saturated carbocycles. The molecular formula is C13H18N2O4S. The Morgan fingerprint density at radius 3 is 2.50 bits per heavy atom. The molecule has 0 bridgehead atoms. The standard InChI is InChI=1S/C13H18N2O4S/c1-2-13(17)9-15(10-13)12(16)8-14-20(18,19)11-6-4-3-5-7-11/h3-7,14,17H,2,8-10H2,1H3. The lowest BCUT2D eigenvalue weighted by Crippen LogP contribution is -2.64. The lowest BCUT2D eigenvalue weighted by Gasteiger charge is -2.46. The van der Waals surface area contributed by atoms with Crippen molar-refractivity contribution in [1.29, 1.82) is 0 Å². The molecule has 1 aliphatic heterocycles. The lowest BCUT2D eigenvalue weighted by atomic mass is 9.91. The zero-order valence-corrected chi connectivity index (χ0v) is 12.1. The molecule has 6 nitrogen and oxygen atoms in total. The van der Waals surface area contributed by atoms with Gasteiger partial charge in [0.25, 0.3) is 0 Å². The van der Waals surface area contributed by atoms with Crippen LogP contribution in [0.5, 0.6) is 0 Å². The number of hydrogen-bond acceptors (Lipinski definition) is 4. The molecule has 20 heavy (non-hydrogen) atoms. The number of sulfonamides is 1. The Labute approximate surface area is 118 Å². The highest BCUT2D eigenvalue weighted by atomic mass is 32.2. The zero-order valence-electron chi connectivity index (χ0n) is 11.2. The number of nitrogens with zero attached hydrogens (tertiary/aromatic N) is 1. The Hall–Kier alpha value is -1.44. The van der Waals surface area contributed by atoms with Crippen LogP contribution in [0.1, 0.15) is 13.3 Å². The van der Waals surface area contributed by atoms with Gasteiger partial charge in [0, 0.05) is 0 Å². The highest BCUT2D eigenvalue weighted by Crippen LogP contribution is 2.23. The molecule has 0 aromatic heterocycles. The van der Waals surface area contributed by atoms with E-state index >= 15 is 0 Å². The lowest BCUT2D eigenvalue weighted by molar-refractivity contribution is -0.154. The smallest absolute Gasteiger partial charge is 0.241 e. The van der Waals surface area contributed by atoms with Crippen molar-refractivity contribution in [2.45, 2.75) is 23.8 Å². The second-order valence-corrected chi connectivity index (χ2v) is 6.73. The van der Waals surface area contributed by atoms with Crippen LogP contribution in [0.2, 0.25) is 0 Å². The maximum atomic E-state index is 11.9. The van der Waals surface area contributed by atoms with E-state index in [-0.39, 0.29) is 30.4 Å². The Balaban J connectivity index is 1.89. The molecule has 110 valence electrons. The third-order valence-electron chi connectivity index (χ3n) is 3.45. The summed E-state index contributed by atoms with van der Waals surface area (Å²) in [5, 5.41) is 9.81. The van der Waals surface area contributed by atoms with Crippen molar-refractivity contribution in [3.8, 4) is 0 Å². The summed E-state index contributed by atoms with van der Waals surface area (Å²) in [6, 6.07) is 7.88. The number of carbonyl (C=O) groups excluding carboxylic acids is 1. The first kappa shape index (κ1) is 15.0. The fraction of sp³-hybridized carbons (Fsp3) is 0.462. The molecule has 0 unspecified atom stereocenters. The van der Waals surface area contributed by atoms with Gasteiger partial charge in [-0.2, -0.15) is 0 Å². The van der Waals surface area contributed by atoms with E-state index in [9.17, 15) is 18.3 Å². The highest BCUT2D eigenvalue weighted by molar-refractivity contribution is 7.89. The minimum Gasteiger partial charge on any atom is -0.386 e. The molecule has 7 heteroatoms. The number of nitrogens with one attached hydrogen (secondary N) is 1. The van der Waals surface area contributed by atoms with Crippen LogP contribution in [-0.2, 0) is 14.8 Å². The van der Waals surface area contributed by atoms with E-state index in [1.54, 1.807) is 18.2 Å². The number of β-amino-alcohol motifs (C(OH)–C–C–N with tert-alkyl or cyclic N) is 1. The summed E-state index contributed by atoms with van der Waals surface area (Å²) in [5.41, 5.74) is -0.812. The number of rotatable bonds is 5.